The van der Waals surface area contributed by atoms with Crippen LogP contribution >= 0.6 is 11.3 Å². The average molecular weight is 293 g/mol. The highest BCUT2D eigenvalue weighted by molar-refractivity contribution is 7.10. The van der Waals surface area contributed by atoms with Crippen LogP contribution in [0, 0.1) is 5.82 Å². The topological polar surface area (TPSA) is 21.3 Å². The molecule has 2 aromatic rings. The second-order valence-corrected chi connectivity index (χ2v) is 5.69. The van der Waals surface area contributed by atoms with Gasteiger partial charge in [0.1, 0.15) is 0 Å². The van der Waals surface area contributed by atoms with Crippen molar-refractivity contribution in [1.29, 1.82) is 0 Å². The summed E-state index contributed by atoms with van der Waals surface area (Å²) in [5, 5.41) is 5.60. The Morgan fingerprint density at radius 2 is 2.20 bits per heavy atom. The lowest BCUT2D eigenvalue weighted by atomic mass is 10.1. The summed E-state index contributed by atoms with van der Waals surface area (Å²) < 4.78 is 18.6. The van der Waals surface area contributed by atoms with Crippen molar-refractivity contribution in [2.24, 2.45) is 0 Å². The number of rotatable bonds is 7. The summed E-state index contributed by atoms with van der Waals surface area (Å²) in [5.41, 5.74) is 0.931. The number of benzene rings is 1. The van der Waals surface area contributed by atoms with Gasteiger partial charge in [-0.2, -0.15) is 0 Å². The monoisotopic (exact) mass is 293 g/mol. The number of ether oxygens (including phenoxy) is 1. The summed E-state index contributed by atoms with van der Waals surface area (Å²) in [6.45, 7) is 2.83. The molecule has 0 aliphatic carbocycles. The Bertz CT molecular complexity index is 527. The number of hydrogen-bond acceptors (Lipinski definition) is 3. The average Bonchev–Trinajstić information content (AvgIpc) is 2.97. The Balaban J connectivity index is 2.00. The minimum atomic E-state index is -0.310. The van der Waals surface area contributed by atoms with Gasteiger partial charge in [-0.15, -0.1) is 11.3 Å². The Morgan fingerprint density at radius 3 is 2.80 bits per heavy atom. The van der Waals surface area contributed by atoms with Gasteiger partial charge in [-0.1, -0.05) is 25.5 Å². The van der Waals surface area contributed by atoms with Crippen molar-refractivity contribution in [2.75, 3.05) is 7.11 Å². The van der Waals surface area contributed by atoms with E-state index >= 15 is 0 Å². The van der Waals surface area contributed by atoms with Crippen molar-refractivity contribution < 1.29 is 9.13 Å². The first-order valence-electron chi connectivity index (χ1n) is 6.83. The van der Waals surface area contributed by atoms with E-state index in [0.717, 1.165) is 18.4 Å². The van der Waals surface area contributed by atoms with Gasteiger partial charge in [0.15, 0.2) is 11.6 Å². The molecule has 0 radical (unpaired) electrons. The molecule has 1 unspecified atom stereocenters. The third-order valence-electron chi connectivity index (χ3n) is 3.23. The molecule has 2 rings (SSSR count). The maximum atomic E-state index is 13.6. The zero-order valence-electron chi connectivity index (χ0n) is 11.9. The van der Waals surface area contributed by atoms with Crippen molar-refractivity contribution >= 4 is 11.3 Å². The molecule has 0 fully saturated rings. The van der Waals surface area contributed by atoms with E-state index in [9.17, 15) is 4.39 Å². The minimum absolute atomic E-state index is 0.289. The van der Waals surface area contributed by atoms with Crippen LogP contribution in [0.4, 0.5) is 4.39 Å². The molecule has 1 atom stereocenters. The zero-order chi connectivity index (χ0) is 14.4. The van der Waals surface area contributed by atoms with E-state index in [1.807, 2.05) is 6.07 Å². The molecule has 1 N–H and O–H groups in total. The fourth-order valence-electron chi connectivity index (χ4n) is 2.18. The second kappa shape index (κ2) is 7.41. The van der Waals surface area contributed by atoms with Crippen LogP contribution in [0.2, 0.25) is 0 Å². The number of thiophene rings is 1. The Morgan fingerprint density at radius 1 is 1.35 bits per heavy atom. The molecule has 4 heteroatoms. The predicted octanol–water partition coefficient (Wildman–Crippen LogP) is 4.53. The van der Waals surface area contributed by atoms with Crippen LogP contribution in [0.5, 0.6) is 5.75 Å². The molecule has 20 heavy (non-hydrogen) atoms. The van der Waals surface area contributed by atoms with Crippen molar-refractivity contribution in [3.63, 3.8) is 0 Å². The third-order valence-corrected chi connectivity index (χ3v) is 4.22. The predicted molar refractivity (Wildman–Crippen MR) is 81.8 cm³/mol. The third kappa shape index (κ3) is 3.81. The van der Waals surface area contributed by atoms with Gasteiger partial charge in [0, 0.05) is 17.5 Å². The van der Waals surface area contributed by atoms with Gasteiger partial charge in [0.2, 0.25) is 0 Å². The van der Waals surface area contributed by atoms with E-state index in [1.165, 1.54) is 18.1 Å². The summed E-state index contributed by atoms with van der Waals surface area (Å²) in [6.07, 6.45) is 2.20. The lowest BCUT2D eigenvalue weighted by Crippen LogP contribution is -2.20. The first kappa shape index (κ1) is 15.0. The van der Waals surface area contributed by atoms with E-state index in [1.54, 1.807) is 17.4 Å². The molecule has 1 aromatic carbocycles. The number of methoxy groups -OCH3 is 1. The van der Waals surface area contributed by atoms with Crippen LogP contribution in [0.1, 0.15) is 36.2 Å². The number of hydrogen-bond donors (Lipinski definition) is 1. The van der Waals surface area contributed by atoms with Crippen molar-refractivity contribution in [2.45, 2.75) is 32.4 Å². The van der Waals surface area contributed by atoms with E-state index in [2.05, 4.69) is 29.8 Å². The van der Waals surface area contributed by atoms with Gasteiger partial charge in [0.25, 0.3) is 0 Å². The lowest BCUT2D eigenvalue weighted by Gasteiger charge is -2.17. The van der Waals surface area contributed by atoms with Crippen LogP contribution in [-0.4, -0.2) is 7.11 Å². The summed E-state index contributed by atoms with van der Waals surface area (Å²) in [5.74, 6) is -0.0212. The van der Waals surface area contributed by atoms with Gasteiger partial charge in [0.05, 0.1) is 7.11 Å². The fraction of sp³-hybridized carbons (Fsp3) is 0.375. The van der Waals surface area contributed by atoms with Crippen LogP contribution in [0.3, 0.4) is 0 Å². The summed E-state index contributed by atoms with van der Waals surface area (Å²) in [7, 11) is 1.48. The standard InChI is InChI=1S/C16H20FNOS/c1-3-5-14(16-6-4-9-20-16)18-11-12-7-8-15(19-2)13(17)10-12/h4,6-10,14,18H,3,5,11H2,1-2H3. The zero-order valence-corrected chi connectivity index (χ0v) is 12.7. The highest BCUT2D eigenvalue weighted by Gasteiger charge is 2.11. The Labute approximate surface area is 123 Å². The SMILES string of the molecule is CCCC(NCc1ccc(OC)c(F)c1)c1cccs1. The summed E-state index contributed by atoms with van der Waals surface area (Å²) in [4.78, 5) is 1.33. The molecule has 0 bridgehead atoms. The molecule has 0 saturated carbocycles. The highest BCUT2D eigenvalue weighted by Crippen LogP contribution is 2.24. The van der Waals surface area contributed by atoms with E-state index in [-0.39, 0.29) is 11.6 Å². The van der Waals surface area contributed by atoms with Gasteiger partial charge in [-0.05, 0) is 35.6 Å². The maximum absolute atomic E-state index is 13.6. The number of halogens is 1. The number of nitrogens with one attached hydrogen (secondary N) is 1. The van der Waals surface area contributed by atoms with Crippen molar-refractivity contribution in [3.8, 4) is 5.75 Å². The van der Waals surface area contributed by atoms with Crippen molar-refractivity contribution in [1.82, 2.24) is 5.32 Å². The van der Waals surface area contributed by atoms with Gasteiger partial charge >= 0.3 is 0 Å². The molecule has 2 nitrogen and oxygen atoms in total. The molecule has 0 spiro atoms. The van der Waals surface area contributed by atoms with Gasteiger partial charge < -0.3 is 10.1 Å². The molecular weight excluding hydrogens is 273 g/mol. The maximum Gasteiger partial charge on any atom is 0.165 e. The molecule has 0 amide bonds. The molecule has 0 aliphatic heterocycles. The lowest BCUT2D eigenvalue weighted by molar-refractivity contribution is 0.386. The first-order chi connectivity index (χ1) is 9.74. The molecular formula is C16H20FNOS. The van der Waals surface area contributed by atoms with E-state index in [4.69, 9.17) is 4.74 Å². The molecule has 0 aliphatic rings. The normalized spacial score (nSPS) is 12.3. The van der Waals surface area contributed by atoms with Crippen LogP contribution in [0.25, 0.3) is 0 Å². The second-order valence-electron chi connectivity index (χ2n) is 4.71. The minimum Gasteiger partial charge on any atom is -0.494 e. The smallest absolute Gasteiger partial charge is 0.165 e. The van der Waals surface area contributed by atoms with Gasteiger partial charge in [-0.25, -0.2) is 4.39 Å². The van der Waals surface area contributed by atoms with Crippen molar-refractivity contribution in [3.05, 3.63) is 52.0 Å². The fourth-order valence-corrected chi connectivity index (χ4v) is 3.02. The van der Waals surface area contributed by atoms with Crippen LogP contribution < -0.4 is 10.1 Å². The van der Waals surface area contributed by atoms with Crippen LogP contribution in [0.15, 0.2) is 35.7 Å². The highest BCUT2D eigenvalue weighted by atomic mass is 32.1. The Kier molecular flexibility index (Phi) is 5.56. The molecule has 108 valence electrons. The summed E-state index contributed by atoms with van der Waals surface area (Å²) in [6, 6.07) is 9.65. The molecule has 1 heterocycles. The molecule has 0 saturated heterocycles. The first-order valence-corrected chi connectivity index (χ1v) is 7.71. The van der Waals surface area contributed by atoms with E-state index in [0.29, 0.717) is 12.6 Å². The largest absolute Gasteiger partial charge is 0.494 e. The molecule has 1 aromatic heterocycles. The van der Waals surface area contributed by atoms with E-state index < -0.39 is 0 Å². The quantitative estimate of drug-likeness (QED) is 0.810. The summed E-state index contributed by atoms with van der Waals surface area (Å²) >= 11 is 1.76. The van der Waals surface area contributed by atoms with Gasteiger partial charge in [-0.3, -0.25) is 0 Å². The Hall–Kier alpha value is -1.39. The van der Waals surface area contributed by atoms with Crippen LogP contribution in [-0.2, 0) is 6.54 Å².